The number of nitrogens with one attached hydrogen (secondary N) is 1. The van der Waals surface area contributed by atoms with Crippen LogP contribution >= 0.6 is 11.5 Å². The van der Waals surface area contributed by atoms with Gasteiger partial charge >= 0.3 is 0 Å². The second-order valence-electron chi connectivity index (χ2n) is 7.78. The first kappa shape index (κ1) is 27.6. The van der Waals surface area contributed by atoms with Crippen LogP contribution in [-0.2, 0) is 14.6 Å². The fraction of sp³-hybridized carbons (Fsp3) is 0.280. The average Bonchev–Trinajstić information content (AvgIpc) is 3.33. The number of aromatic nitrogens is 2. The zero-order valence-corrected chi connectivity index (χ0v) is 22.2. The summed E-state index contributed by atoms with van der Waals surface area (Å²) in [5.41, 5.74) is 1.46. The predicted octanol–water partition coefficient (Wildman–Crippen LogP) is 4.04. The summed E-state index contributed by atoms with van der Waals surface area (Å²) in [5, 5.41) is 11.5. The number of nitrogens with zero attached hydrogens (tertiary/aromatic N) is 3. The van der Waals surface area contributed by atoms with E-state index in [9.17, 15) is 18.5 Å². The molecule has 0 aliphatic heterocycles. The SMILES string of the molecule is CCOc1cc(C=C(C#N)C(=O)Nc2nc(S(C)(=O)=O)ns2)ccc1OCCCOc1cccc(C)c1. The largest absolute Gasteiger partial charge is 0.493 e. The Balaban J connectivity index is 1.63. The van der Waals surface area contributed by atoms with Gasteiger partial charge in [-0.25, -0.2) is 8.42 Å². The summed E-state index contributed by atoms with van der Waals surface area (Å²) in [6.45, 7) is 5.14. The molecule has 194 valence electrons. The van der Waals surface area contributed by atoms with Crippen LogP contribution in [0.2, 0.25) is 0 Å². The Kier molecular flexibility index (Phi) is 9.59. The van der Waals surface area contributed by atoms with E-state index in [0.29, 0.717) is 54.8 Å². The van der Waals surface area contributed by atoms with Crippen molar-refractivity contribution in [2.45, 2.75) is 25.4 Å². The molecule has 0 bridgehead atoms. The van der Waals surface area contributed by atoms with Gasteiger partial charge in [0, 0.05) is 24.2 Å². The van der Waals surface area contributed by atoms with Crippen molar-refractivity contribution < 1.29 is 27.4 Å². The minimum absolute atomic E-state index is 0.0308. The Morgan fingerprint density at radius 3 is 2.59 bits per heavy atom. The van der Waals surface area contributed by atoms with E-state index in [1.807, 2.05) is 44.2 Å². The number of carbonyl (C=O) groups is 1. The normalized spacial score (nSPS) is 11.5. The first-order chi connectivity index (χ1) is 17.7. The third-order valence-electron chi connectivity index (χ3n) is 4.71. The zero-order chi connectivity index (χ0) is 26.8. The number of ether oxygens (including phenoxy) is 3. The topological polar surface area (TPSA) is 140 Å². The summed E-state index contributed by atoms with van der Waals surface area (Å²) in [6, 6.07) is 14.7. The van der Waals surface area contributed by atoms with E-state index < -0.39 is 20.9 Å². The molecule has 1 heterocycles. The van der Waals surface area contributed by atoms with Gasteiger partial charge in [-0.05, 0) is 55.3 Å². The lowest BCUT2D eigenvalue weighted by atomic mass is 10.1. The third kappa shape index (κ3) is 8.30. The van der Waals surface area contributed by atoms with Crippen LogP contribution < -0.4 is 19.5 Å². The van der Waals surface area contributed by atoms with Crippen molar-refractivity contribution in [2.75, 3.05) is 31.4 Å². The van der Waals surface area contributed by atoms with Crippen molar-refractivity contribution in [3.8, 4) is 23.3 Å². The quantitative estimate of drug-likeness (QED) is 0.204. The van der Waals surface area contributed by atoms with Crippen molar-refractivity contribution in [1.82, 2.24) is 9.36 Å². The highest BCUT2D eigenvalue weighted by Gasteiger charge is 2.18. The molecule has 1 aromatic heterocycles. The van der Waals surface area contributed by atoms with Crippen LogP contribution in [0.4, 0.5) is 5.13 Å². The Morgan fingerprint density at radius 1 is 1.14 bits per heavy atom. The number of amides is 1. The molecule has 3 rings (SSSR count). The maximum Gasteiger partial charge on any atom is 0.268 e. The van der Waals surface area contributed by atoms with Gasteiger partial charge in [0.15, 0.2) is 11.5 Å². The van der Waals surface area contributed by atoms with Crippen LogP contribution in [0.5, 0.6) is 17.2 Å². The Bertz CT molecular complexity index is 1430. The number of rotatable bonds is 12. The van der Waals surface area contributed by atoms with Crippen LogP contribution in [-0.4, -0.2) is 49.8 Å². The highest BCUT2D eigenvalue weighted by Crippen LogP contribution is 2.30. The van der Waals surface area contributed by atoms with Gasteiger partial charge in [0.25, 0.3) is 11.1 Å². The van der Waals surface area contributed by atoms with Gasteiger partial charge < -0.3 is 14.2 Å². The molecule has 37 heavy (non-hydrogen) atoms. The smallest absolute Gasteiger partial charge is 0.268 e. The van der Waals surface area contributed by atoms with Gasteiger partial charge in [-0.2, -0.15) is 14.6 Å². The molecule has 0 saturated carbocycles. The molecule has 0 aliphatic rings. The van der Waals surface area contributed by atoms with E-state index in [1.54, 1.807) is 18.2 Å². The summed E-state index contributed by atoms with van der Waals surface area (Å²) < 4.78 is 44.0. The van der Waals surface area contributed by atoms with Crippen LogP contribution in [0.3, 0.4) is 0 Å². The summed E-state index contributed by atoms with van der Waals surface area (Å²) >= 11 is 0.706. The van der Waals surface area contributed by atoms with E-state index in [0.717, 1.165) is 17.6 Å². The van der Waals surface area contributed by atoms with Crippen molar-refractivity contribution in [3.05, 3.63) is 59.2 Å². The number of hydrogen-bond donors (Lipinski definition) is 1. The first-order valence-corrected chi connectivity index (χ1v) is 13.9. The van der Waals surface area contributed by atoms with Gasteiger partial charge in [0.1, 0.15) is 17.4 Å². The highest BCUT2D eigenvalue weighted by molar-refractivity contribution is 7.90. The molecular weight excluding hydrogens is 516 g/mol. The predicted molar refractivity (Wildman–Crippen MR) is 140 cm³/mol. The lowest BCUT2D eigenvalue weighted by Gasteiger charge is -2.13. The molecule has 0 spiro atoms. The van der Waals surface area contributed by atoms with E-state index in [1.165, 1.54) is 6.08 Å². The fourth-order valence-electron chi connectivity index (χ4n) is 3.03. The molecule has 2 aromatic carbocycles. The highest BCUT2D eigenvalue weighted by atomic mass is 32.2. The van der Waals surface area contributed by atoms with Crippen molar-refractivity contribution in [1.29, 1.82) is 5.26 Å². The molecule has 0 fully saturated rings. The van der Waals surface area contributed by atoms with E-state index in [2.05, 4.69) is 14.7 Å². The lowest BCUT2D eigenvalue weighted by molar-refractivity contribution is -0.112. The molecule has 0 radical (unpaired) electrons. The number of carbonyl (C=O) groups excluding carboxylic acids is 1. The minimum atomic E-state index is -3.61. The van der Waals surface area contributed by atoms with Gasteiger partial charge in [-0.15, -0.1) is 0 Å². The maximum absolute atomic E-state index is 12.5. The van der Waals surface area contributed by atoms with Gasteiger partial charge in [0.2, 0.25) is 15.0 Å². The van der Waals surface area contributed by atoms with Crippen LogP contribution in [0.15, 0.2) is 53.2 Å². The van der Waals surface area contributed by atoms with Gasteiger partial charge in [0.05, 0.1) is 19.8 Å². The molecule has 3 aromatic rings. The zero-order valence-electron chi connectivity index (χ0n) is 20.6. The molecular formula is C25H26N4O6S2. The van der Waals surface area contributed by atoms with Gasteiger partial charge in [-0.3, -0.25) is 10.1 Å². The van der Waals surface area contributed by atoms with Crippen LogP contribution in [0.25, 0.3) is 6.08 Å². The standard InChI is InChI=1S/C25H26N4O6S2/c1-4-33-22-15-18(9-10-21(22)35-12-6-11-34-20-8-5-7-17(2)13-20)14-19(16-26)23(30)27-24-28-25(29-36-24)37(3,31)32/h5,7-10,13-15H,4,6,11-12H2,1-3H3,(H,27,28,29,30). The first-order valence-electron chi connectivity index (χ1n) is 11.3. The number of sulfone groups is 1. The Labute approximate surface area is 219 Å². The Morgan fingerprint density at radius 2 is 1.92 bits per heavy atom. The summed E-state index contributed by atoms with van der Waals surface area (Å²) in [6.07, 6.45) is 3.01. The second-order valence-corrected chi connectivity index (χ2v) is 10.4. The molecule has 0 saturated heterocycles. The molecule has 1 amide bonds. The minimum Gasteiger partial charge on any atom is -0.493 e. The van der Waals surface area contributed by atoms with E-state index in [-0.39, 0.29) is 10.7 Å². The number of anilines is 1. The lowest BCUT2D eigenvalue weighted by Crippen LogP contribution is -2.13. The van der Waals surface area contributed by atoms with E-state index in [4.69, 9.17) is 14.2 Å². The van der Waals surface area contributed by atoms with E-state index >= 15 is 0 Å². The molecule has 0 atom stereocenters. The third-order valence-corrected chi connectivity index (χ3v) is 6.30. The molecule has 0 aliphatic carbocycles. The summed E-state index contributed by atoms with van der Waals surface area (Å²) in [4.78, 5) is 16.3. The van der Waals surface area contributed by atoms with Gasteiger partial charge in [-0.1, -0.05) is 18.2 Å². The molecule has 1 N–H and O–H groups in total. The second kappa shape index (κ2) is 12.8. The van der Waals surface area contributed by atoms with Crippen molar-refractivity contribution >= 4 is 38.5 Å². The number of aryl methyl sites for hydroxylation is 1. The maximum atomic E-state index is 12.5. The molecule has 0 unspecified atom stereocenters. The number of benzene rings is 2. The number of hydrogen-bond acceptors (Lipinski definition) is 10. The Hall–Kier alpha value is -3.95. The van der Waals surface area contributed by atoms with Crippen LogP contribution in [0, 0.1) is 18.3 Å². The molecule has 12 heteroatoms. The average molecular weight is 543 g/mol. The van der Waals surface area contributed by atoms with Crippen molar-refractivity contribution in [3.63, 3.8) is 0 Å². The van der Waals surface area contributed by atoms with Crippen LogP contribution in [0.1, 0.15) is 24.5 Å². The van der Waals surface area contributed by atoms with Crippen molar-refractivity contribution in [2.24, 2.45) is 0 Å². The fourth-order valence-corrected chi connectivity index (χ4v) is 4.47. The monoisotopic (exact) mass is 542 g/mol. The molecule has 10 nitrogen and oxygen atoms in total. The summed E-state index contributed by atoms with van der Waals surface area (Å²) in [7, 11) is -3.61. The number of nitriles is 1. The summed E-state index contributed by atoms with van der Waals surface area (Å²) in [5.74, 6) is 1.06.